The van der Waals surface area contributed by atoms with Gasteiger partial charge >= 0.3 is 5.69 Å². The quantitative estimate of drug-likeness (QED) is 0.796. The van der Waals surface area contributed by atoms with Gasteiger partial charge in [-0.25, -0.2) is 9.89 Å². The van der Waals surface area contributed by atoms with Gasteiger partial charge in [0.05, 0.1) is 0 Å². The highest BCUT2D eigenvalue weighted by Crippen LogP contribution is 2.20. The van der Waals surface area contributed by atoms with Crippen molar-refractivity contribution >= 4 is 29.1 Å². The average Bonchev–Trinajstić information content (AvgIpc) is 2.78. The first-order chi connectivity index (χ1) is 9.06. The molecule has 8 heteroatoms. The zero-order valence-corrected chi connectivity index (χ0v) is 11.2. The first-order valence-corrected chi connectivity index (χ1v) is 6.18. The van der Waals surface area contributed by atoms with Crippen LogP contribution in [-0.4, -0.2) is 27.6 Å². The number of aromatic nitrogens is 3. The normalized spacial score (nSPS) is 10.4. The summed E-state index contributed by atoms with van der Waals surface area (Å²) in [6.45, 7) is 0.370. The number of nitrogens with one attached hydrogen (secondary N) is 3. The molecule has 0 radical (unpaired) electrons. The van der Waals surface area contributed by atoms with Crippen LogP contribution in [0.1, 0.15) is 16.2 Å². The lowest BCUT2D eigenvalue weighted by atomic mass is 10.1. The Morgan fingerprint density at radius 2 is 2.16 bits per heavy atom. The molecule has 19 heavy (non-hydrogen) atoms. The lowest BCUT2D eigenvalue weighted by Gasteiger charge is -2.05. The van der Waals surface area contributed by atoms with Gasteiger partial charge in [-0.3, -0.25) is 9.78 Å². The van der Waals surface area contributed by atoms with Crippen molar-refractivity contribution in [3.8, 4) is 0 Å². The lowest BCUT2D eigenvalue weighted by molar-refractivity contribution is 0.0944. The number of hydrogen-bond donors (Lipinski definition) is 3. The van der Waals surface area contributed by atoms with E-state index in [1.165, 1.54) is 0 Å². The maximum absolute atomic E-state index is 11.6. The number of aromatic amines is 2. The van der Waals surface area contributed by atoms with Crippen molar-refractivity contribution in [1.29, 1.82) is 0 Å². The van der Waals surface area contributed by atoms with E-state index < -0.39 is 11.6 Å². The molecule has 0 unspecified atom stereocenters. The molecular formula is C11H10Cl2N4O2. The zero-order chi connectivity index (χ0) is 13.8. The fourth-order valence-electron chi connectivity index (χ4n) is 1.50. The van der Waals surface area contributed by atoms with Gasteiger partial charge in [-0.1, -0.05) is 29.3 Å². The van der Waals surface area contributed by atoms with E-state index in [9.17, 15) is 9.59 Å². The molecule has 0 aliphatic heterocycles. The van der Waals surface area contributed by atoms with Gasteiger partial charge in [-0.15, -0.1) is 5.10 Å². The topological polar surface area (TPSA) is 90.6 Å². The van der Waals surface area contributed by atoms with Crippen molar-refractivity contribution in [2.75, 3.05) is 6.54 Å². The van der Waals surface area contributed by atoms with Gasteiger partial charge in [-0.2, -0.15) is 0 Å². The van der Waals surface area contributed by atoms with Crippen LogP contribution in [0.25, 0.3) is 0 Å². The molecule has 2 rings (SSSR count). The van der Waals surface area contributed by atoms with Crippen LogP contribution in [0.3, 0.4) is 0 Å². The molecular weight excluding hydrogens is 291 g/mol. The number of rotatable bonds is 4. The maximum atomic E-state index is 11.6. The third-order valence-electron chi connectivity index (χ3n) is 2.41. The first kappa shape index (κ1) is 13.6. The molecule has 0 atom stereocenters. The van der Waals surface area contributed by atoms with Crippen LogP contribution >= 0.6 is 23.2 Å². The van der Waals surface area contributed by atoms with Gasteiger partial charge in [0.1, 0.15) is 0 Å². The minimum atomic E-state index is -0.522. The van der Waals surface area contributed by atoms with Crippen molar-refractivity contribution in [2.45, 2.75) is 6.42 Å². The summed E-state index contributed by atoms with van der Waals surface area (Å²) >= 11 is 11.8. The summed E-state index contributed by atoms with van der Waals surface area (Å²) in [4.78, 5) is 24.6. The molecule has 0 saturated heterocycles. The first-order valence-electron chi connectivity index (χ1n) is 5.43. The van der Waals surface area contributed by atoms with Crippen LogP contribution in [0.2, 0.25) is 10.0 Å². The van der Waals surface area contributed by atoms with Crippen molar-refractivity contribution in [3.05, 3.63) is 50.1 Å². The summed E-state index contributed by atoms with van der Waals surface area (Å²) in [6, 6.07) is 5.18. The summed E-state index contributed by atoms with van der Waals surface area (Å²) in [5.74, 6) is -0.504. The molecule has 6 nitrogen and oxygen atoms in total. The Morgan fingerprint density at radius 3 is 2.79 bits per heavy atom. The van der Waals surface area contributed by atoms with E-state index in [4.69, 9.17) is 23.2 Å². The average molecular weight is 301 g/mol. The molecule has 0 aliphatic carbocycles. The van der Waals surface area contributed by atoms with Crippen molar-refractivity contribution in [1.82, 2.24) is 20.5 Å². The lowest BCUT2D eigenvalue weighted by Crippen LogP contribution is -2.27. The fourth-order valence-corrected chi connectivity index (χ4v) is 2.00. The van der Waals surface area contributed by atoms with Gasteiger partial charge in [0.15, 0.2) is 0 Å². The van der Waals surface area contributed by atoms with Crippen LogP contribution in [0.15, 0.2) is 23.0 Å². The summed E-state index contributed by atoms with van der Waals surface area (Å²) in [5, 5.41) is 9.37. The van der Waals surface area contributed by atoms with Crippen LogP contribution in [-0.2, 0) is 6.42 Å². The van der Waals surface area contributed by atoms with E-state index in [0.29, 0.717) is 23.0 Å². The summed E-state index contributed by atoms with van der Waals surface area (Å²) in [6.07, 6.45) is 0.552. The molecule has 0 spiro atoms. The Kier molecular flexibility index (Phi) is 4.24. The maximum Gasteiger partial charge on any atom is 0.341 e. The summed E-state index contributed by atoms with van der Waals surface area (Å²) in [7, 11) is 0. The number of carbonyl (C=O) groups is 1. The van der Waals surface area contributed by atoms with Crippen molar-refractivity contribution in [3.63, 3.8) is 0 Å². The van der Waals surface area contributed by atoms with E-state index >= 15 is 0 Å². The molecule has 1 aromatic carbocycles. The number of halogens is 2. The minimum Gasteiger partial charge on any atom is -0.349 e. The largest absolute Gasteiger partial charge is 0.349 e. The second-order valence-electron chi connectivity index (χ2n) is 3.77. The fraction of sp³-hybridized carbons (Fsp3) is 0.182. The van der Waals surface area contributed by atoms with Crippen LogP contribution in [0.4, 0.5) is 0 Å². The van der Waals surface area contributed by atoms with Crippen LogP contribution in [0, 0.1) is 0 Å². The number of benzene rings is 1. The highest BCUT2D eigenvalue weighted by atomic mass is 35.5. The predicted molar refractivity (Wildman–Crippen MR) is 71.7 cm³/mol. The highest BCUT2D eigenvalue weighted by Gasteiger charge is 2.09. The smallest absolute Gasteiger partial charge is 0.341 e. The Balaban J connectivity index is 1.90. The highest BCUT2D eigenvalue weighted by molar-refractivity contribution is 6.35. The third kappa shape index (κ3) is 3.59. The van der Waals surface area contributed by atoms with Gasteiger partial charge in [0.25, 0.3) is 5.91 Å². The van der Waals surface area contributed by atoms with E-state index in [1.54, 1.807) is 18.2 Å². The second-order valence-corrected chi connectivity index (χ2v) is 4.61. The number of H-pyrrole nitrogens is 2. The Hall–Kier alpha value is -1.79. The van der Waals surface area contributed by atoms with Crippen LogP contribution < -0.4 is 11.0 Å². The zero-order valence-electron chi connectivity index (χ0n) is 9.67. The standard InChI is InChI=1S/C11H10Cl2N4O2/c12-7-2-1-6(8(13)5-7)3-4-14-10(18)9-15-11(19)17-16-9/h1-2,5H,3-4H2,(H,14,18)(H2,15,16,17,19). The summed E-state index contributed by atoms with van der Waals surface area (Å²) < 4.78 is 0. The van der Waals surface area contributed by atoms with Gasteiger partial charge < -0.3 is 5.32 Å². The van der Waals surface area contributed by atoms with E-state index in [-0.39, 0.29) is 5.82 Å². The van der Waals surface area contributed by atoms with Gasteiger partial charge in [0, 0.05) is 16.6 Å². The number of carbonyl (C=O) groups excluding carboxylic acids is 1. The van der Waals surface area contributed by atoms with E-state index in [2.05, 4.69) is 20.5 Å². The van der Waals surface area contributed by atoms with Crippen LogP contribution in [0.5, 0.6) is 0 Å². The predicted octanol–water partition coefficient (Wildman–Crippen LogP) is 1.38. The Bertz CT molecular complexity index is 650. The molecule has 1 heterocycles. The monoisotopic (exact) mass is 300 g/mol. The molecule has 1 amide bonds. The van der Waals surface area contributed by atoms with Gasteiger partial charge in [0.2, 0.25) is 5.82 Å². The number of nitrogens with zero attached hydrogens (tertiary/aromatic N) is 1. The molecule has 0 saturated carbocycles. The molecule has 3 N–H and O–H groups in total. The van der Waals surface area contributed by atoms with Gasteiger partial charge in [-0.05, 0) is 24.1 Å². The van der Waals surface area contributed by atoms with Crippen molar-refractivity contribution < 1.29 is 4.79 Å². The SMILES string of the molecule is O=C(NCCc1ccc(Cl)cc1Cl)c1n[nH]c(=O)[nH]1. The third-order valence-corrected chi connectivity index (χ3v) is 3.00. The van der Waals surface area contributed by atoms with E-state index in [0.717, 1.165) is 5.56 Å². The molecule has 1 aromatic heterocycles. The summed E-state index contributed by atoms with van der Waals surface area (Å²) in [5.41, 5.74) is 0.354. The Morgan fingerprint density at radius 1 is 1.37 bits per heavy atom. The Labute approximate surface area is 118 Å². The second kappa shape index (κ2) is 5.90. The molecule has 0 bridgehead atoms. The van der Waals surface area contributed by atoms with Crippen molar-refractivity contribution in [2.24, 2.45) is 0 Å². The van der Waals surface area contributed by atoms with E-state index in [1.807, 2.05) is 0 Å². The molecule has 0 fully saturated rings. The number of hydrogen-bond acceptors (Lipinski definition) is 3. The number of amides is 1. The molecule has 0 aliphatic rings. The minimum absolute atomic E-state index is 0.0489. The molecule has 2 aromatic rings. The molecule has 100 valence electrons.